The Hall–Kier alpha value is -2.89. The zero-order valence-corrected chi connectivity index (χ0v) is 19.0. The van der Waals surface area contributed by atoms with E-state index in [0.29, 0.717) is 34.7 Å². The van der Waals surface area contributed by atoms with E-state index in [9.17, 15) is 17.4 Å². The first-order valence-electron chi connectivity index (χ1n) is 10.4. The van der Waals surface area contributed by atoms with Crippen molar-refractivity contribution in [2.24, 2.45) is 10.2 Å². The third-order valence-electron chi connectivity index (χ3n) is 5.00. The Morgan fingerprint density at radius 1 is 1.06 bits per heavy atom. The van der Waals surface area contributed by atoms with Crippen molar-refractivity contribution in [2.45, 2.75) is 18.2 Å². The molecule has 3 N–H and O–H groups in total. The summed E-state index contributed by atoms with van der Waals surface area (Å²) in [6, 6.07) is 15.2. The Morgan fingerprint density at radius 2 is 1.80 bits per heavy atom. The van der Waals surface area contributed by atoms with Gasteiger partial charge in [0.1, 0.15) is 27.8 Å². The second-order valence-corrected chi connectivity index (χ2v) is 8.81. The fraction of sp³-hybridized carbons (Fsp3) is 0.125. The molecule has 0 saturated carbocycles. The van der Waals surface area contributed by atoms with Gasteiger partial charge in [-0.25, -0.2) is 4.39 Å². The van der Waals surface area contributed by atoms with E-state index in [1.807, 2.05) is 6.92 Å². The summed E-state index contributed by atoms with van der Waals surface area (Å²) in [5.74, 6) is 0.109. The summed E-state index contributed by atoms with van der Waals surface area (Å²) in [4.78, 5) is 4.02. The standard InChI is InChI=1S/C24H21FN4O4S.Na.H/c1-2-11-33-22-10-7-15(25)12-19(22)20-9-8-16(14-27-20)28-29-21-13-23(34(30,31)32)17-5-3-4-6-18(17)24(21)26;;/h3-10,12-14H,2,11,26H2,1H3,(H,30,31,32);;/b29-28+;;. The predicted molar refractivity (Wildman–Crippen MR) is 135 cm³/mol. The summed E-state index contributed by atoms with van der Waals surface area (Å²) in [5, 5.41) is 8.87. The van der Waals surface area contributed by atoms with E-state index in [0.717, 1.165) is 6.42 Å². The molecule has 0 aliphatic carbocycles. The van der Waals surface area contributed by atoms with Crippen LogP contribution < -0.4 is 10.5 Å². The molecule has 35 heavy (non-hydrogen) atoms. The van der Waals surface area contributed by atoms with Crippen molar-refractivity contribution >= 4 is 67.5 Å². The minimum absolute atomic E-state index is 0. The maximum absolute atomic E-state index is 13.8. The number of nitrogens with zero attached hydrogens (tertiary/aromatic N) is 3. The minimum atomic E-state index is -4.51. The van der Waals surface area contributed by atoms with Crippen LogP contribution in [-0.2, 0) is 10.1 Å². The first kappa shape index (κ1) is 26.7. The average molecular weight is 505 g/mol. The molecule has 4 aromatic rings. The van der Waals surface area contributed by atoms with Crippen LogP contribution in [0.1, 0.15) is 13.3 Å². The molecule has 8 nitrogen and oxygen atoms in total. The maximum atomic E-state index is 13.8. The van der Waals surface area contributed by atoms with Gasteiger partial charge in [-0.1, -0.05) is 31.2 Å². The summed E-state index contributed by atoms with van der Waals surface area (Å²) in [5.41, 5.74) is 7.82. The third-order valence-corrected chi connectivity index (χ3v) is 5.90. The quantitative estimate of drug-likeness (QED) is 0.150. The van der Waals surface area contributed by atoms with Crippen molar-refractivity contribution in [2.75, 3.05) is 12.3 Å². The molecule has 0 spiro atoms. The number of fused-ring (bicyclic) bond motifs is 1. The van der Waals surface area contributed by atoms with Gasteiger partial charge < -0.3 is 10.5 Å². The number of ether oxygens (including phenoxy) is 1. The topological polar surface area (TPSA) is 127 Å². The molecule has 11 heteroatoms. The summed E-state index contributed by atoms with van der Waals surface area (Å²) < 4.78 is 52.9. The van der Waals surface area contributed by atoms with Gasteiger partial charge in [0.15, 0.2) is 0 Å². The number of aromatic nitrogens is 1. The van der Waals surface area contributed by atoms with Gasteiger partial charge in [-0.15, -0.1) is 10.2 Å². The van der Waals surface area contributed by atoms with Gasteiger partial charge in [-0.3, -0.25) is 9.54 Å². The molecular formula is C24H22FN4NaO4S. The van der Waals surface area contributed by atoms with Crippen LogP contribution in [-0.4, -0.2) is 54.1 Å². The Bertz CT molecular complexity index is 1500. The molecular weight excluding hydrogens is 482 g/mol. The number of azo groups is 1. The molecule has 0 aliphatic rings. The van der Waals surface area contributed by atoms with Gasteiger partial charge in [0.25, 0.3) is 10.1 Å². The zero-order valence-electron chi connectivity index (χ0n) is 18.1. The van der Waals surface area contributed by atoms with Crippen LogP contribution >= 0.6 is 0 Å². The fourth-order valence-corrected chi connectivity index (χ4v) is 4.12. The molecule has 0 radical (unpaired) electrons. The summed E-state index contributed by atoms with van der Waals surface area (Å²) >= 11 is 0. The molecule has 0 atom stereocenters. The van der Waals surface area contributed by atoms with Crippen molar-refractivity contribution in [3.63, 3.8) is 0 Å². The third kappa shape index (κ3) is 6.03. The van der Waals surface area contributed by atoms with Gasteiger partial charge >= 0.3 is 29.6 Å². The molecule has 0 bridgehead atoms. The van der Waals surface area contributed by atoms with Crippen molar-refractivity contribution in [1.82, 2.24) is 4.98 Å². The molecule has 1 heterocycles. The van der Waals surface area contributed by atoms with Crippen LogP contribution in [0.15, 0.2) is 82.0 Å². The van der Waals surface area contributed by atoms with E-state index in [4.69, 9.17) is 10.5 Å². The normalized spacial score (nSPS) is 11.5. The van der Waals surface area contributed by atoms with Crippen LogP contribution in [0.25, 0.3) is 22.0 Å². The van der Waals surface area contributed by atoms with Crippen LogP contribution in [0.5, 0.6) is 5.75 Å². The van der Waals surface area contributed by atoms with Gasteiger partial charge in [0, 0.05) is 16.3 Å². The first-order valence-corrected chi connectivity index (χ1v) is 11.8. The summed E-state index contributed by atoms with van der Waals surface area (Å²) in [7, 11) is -4.51. The first-order chi connectivity index (χ1) is 16.3. The molecule has 1 aromatic heterocycles. The molecule has 0 aliphatic heterocycles. The zero-order chi connectivity index (χ0) is 24.3. The van der Waals surface area contributed by atoms with Crippen LogP contribution in [0.2, 0.25) is 0 Å². The molecule has 0 saturated heterocycles. The van der Waals surface area contributed by atoms with Gasteiger partial charge in [-0.05, 0) is 42.8 Å². The van der Waals surface area contributed by atoms with Gasteiger partial charge in [-0.2, -0.15) is 8.42 Å². The van der Waals surface area contributed by atoms with E-state index < -0.39 is 15.9 Å². The van der Waals surface area contributed by atoms with E-state index in [-0.39, 0.29) is 51.2 Å². The van der Waals surface area contributed by atoms with E-state index in [1.54, 1.807) is 42.5 Å². The number of nitrogen functional groups attached to an aromatic ring is 1. The van der Waals surface area contributed by atoms with E-state index in [1.165, 1.54) is 24.4 Å². The van der Waals surface area contributed by atoms with Crippen molar-refractivity contribution in [3.05, 3.63) is 72.7 Å². The fourth-order valence-electron chi connectivity index (χ4n) is 3.40. The number of benzene rings is 3. The summed E-state index contributed by atoms with van der Waals surface area (Å²) in [6.45, 7) is 2.46. The molecule has 3 aromatic carbocycles. The number of nitrogens with two attached hydrogens (primary N) is 1. The Morgan fingerprint density at radius 3 is 2.46 bits per heavy atom. The van der Waals surface area contributed by atoms with Crippen LogP contribution in [0.4, 0.5) is 21.5 Å². The number of hydrogen-bond donors (Lipinski definition) is 2. The second-order valence-electron chi connectivity index (χ2n) is 7.42. The second kappa shape index (κ2) is 11.2. The van der Waals surface area contributed by atoms with E-state index in [2.05, 4.69) is 15.2 Å². The van der Waals surface area contributed by atoms with Crippen molar-refractivity contribution in [3.8, 4) is 17.0 Å². The number of pyridine rings is 1. The van der Waals surface area contributed by atoms with Crippen molar-refractivity contribution in [1.29, 1.82) is 0 Å². The van der Waals surface area contributed by atoms with Crippen LogP contribution in [0.3, 0.4) is 0 Å². The molecule has 0 amide bonds. The molecule has 0 unspecified atom stereocenters. The monoisotopic (exact) mass is 504 g/mol. The molecule has 176 valence electrons. The van der Waals surface area contributed by atoms with Gasteiger partial charge in [0.2, 0.25) is 0 Å². The molecule has 0 fully saturated rings. The Labute approximate surface area is 224 Å². The molecule has 4 rings (SSSR count). The SMILES string of the molecule is CCCOc1ccc(F)cc1-c1ccc(/N=N/c2cc(S(=O)(=O)O)c3ccccc3c2N)cn1.[NaH]. The average Bonchev–Trinajstić information content (AvgIpc) is 2.82. The predicted octanol–water partition coefficient (Wildman–Crippen LogP) is 5.43. The summed E-state index contributed by atoms with van der Waals surface area (Å²) in [6.07, 6.45) is 2.25. The van der Waals surface area contributed by atoms with Crippen LogP contribution in [0, 0.1) is 5.82 Å². The number of halogens is 1. The van der Waals surface area contributed by atoms with Crippen molar-refractivity contribution < 1.29 is 22.1 Å². The van der Waals surface area contributed by atoms with E-state index >= 15 is 0 Å². The number of hydrogen-bond acceptors (Lipinski definition) is 7. The Kier molecular flexibility index (Phi) is 8.57. The Balaban J connectivity index is 0.00000342. The van der Waals surface area contributed by atoms with Gasteiger partial charge in [0.05, 0.1) is 24.2 Å². The number of anilines is 1. The number of rotatable bonds is 7.